The molecule has 1 fully saturated rings. The van der Waals surface area contributed by atoms with Crippen LogP contribution in [0.3, 0.4) is 0 Å². The van der Waals surface area contributed by atoms with Crippen molar-refractivity contribution in [2.24, 2.45) is 0 Å². The third-order valence-electron chi connectivity index (χ3n) is 3.41. The number of hydrogen-bond donors (Lipinski definition) is 1. The van der Waals surface area contributed by atoms with Gasteiger partial charge < -0.3 is 15.2 Å². The third-order valence-corrected chi connectivity index (χ3v) is 4.69. The first-order chi connectivity index (χ1) is 9.50. The van der Waals surface area contributed by atoms with Gasteiger partial charge in [-0.1, -0.05) is 11.6 Å². The molecule has 0 atom stereocenters. The van der Waals surface area contributed by atoms with Gasteiger partial charge in [0.1, 0.15) is 5.75 Å². The van der Waals surface area contributed by atoms with Crippen LogP contribution in [0.25, 0.3) is 4.72 Å². The summed E-state index contributed by atoms with van der Waals surface area (Å²) in [7, 11) is -3.42. The quantitative estimate of drug-likeness (QED) is 0.870. The summed E-state index contributed by atoms with van der Waals surface area (Å²) in [5.74, 6) is 0.773. The van der Waals surface area contributed by atoms with E-state index in [2.05, 4.69) is 10.5 Å². The maximum absolute atomic E-state index is 11.7. The molecule has 20 heavy (non-hydrogen) atoms. The number of rotatable bonds is 6. The van der Waals surface area contributed by atoms with Crippen LogP contribution >= 0.6 is 0 Å². The van der Waals surface area contributed by atoms with Gasteiger partial charge in [-0.15, -0.1) is 5.69 Å². The van der Waals surface area contributed by atoms with Crippen LogP contribution in [0.1, 0.15) is 31.2 Å². The largest absolute Gasteiger partial charge is 0.576 e. The lowest BCUT2D eigenvalue weighted by atomic mass is 10.2. The van der Waals surface area contributed by atoms with E-state index in [1.165, 1.54) is 12.8 Å². The summed E-state index contributed by atoms with van der Waals surface area (Å²) >= 11 is 0. The predicted octanol–water partition coefficient (Wildman–Crippen LogP) is 1.89. The van der Waals surface area contributed by atoms with Crippen LogP contribution < -0.4 is 10.5 Å². The van der Waals surface area contributed by atoms with Crippen molar-refractivity contribution in [1.29, 1.82) is 0 Å². The number of hydrogen-bond acceptors (Lipinski definition) is 3. The molecule has 0 amide bonds. The van der Waals surface area contributed by atoms with Crippen molar-refractivity contribution in [3.8, 4) is 5.75 Å². The molecule has 0 saturated heterocycles. The molecule has 0 aliphatic heterocycles. The van der Waals surface area contributed by atoms with Gasteiger partial charge in [0.05, 0.1) is 28.4 Å². The molecule has 112 valence electrons. The van der Waals surface area contributed by atoms with Gasteiger partial charge in [-0.25, -0.2) is 8.42 Å². The number of quaternary nitrogens is 1. The summed E-state index contributed by atoms with van der Waals surface area (Å²) in [6.45, 7) is 2.17. The zero-order chi connectivity index (χ0) is 14.6. The molecule has 0 heterocycles. The van der Waals surface area contributed by atoms with Gasteiger partial charge in [0.2, 0.25) is 0 Å². The molecular formula is C14H22N2O3S. The van der Waals surface area contributed by atoms with E-state index in [1.807, 2.05) is 13.0 Å². The van der Waals surface area contributed by atoms with E-state index in [4.69, 9.17) is 4.74 Å². The normalized spacial score (nSPS) is 16.3. The van der Waals surface area contributed by atoms with E-state index < -0.39 is 10.0 Å². The zero-order valence-electron chi connectivity index (χ0n) is 11.8. The van der Waals surface area contributed by atoms with E-state index in [0.29, 0.717) is 18.3 Å². The first kappa shape index (κ1) is 15.1. The van der Waals surface area contributed by atoms with Crippen LogP contribution in [-0.4, -0.2) is 26.8 Å². The lowest BCUT2D eigenvalue weighted by molar-refractivity contribution is -0.360. The predicted molar refractivity (Wildman–Crippen MR) is 78.6 cm³/mol. The second-order valence-corrected chi connectivity index (χ2v) is 6.96. The Labute approximate surface area is 120 Å². The van der Waals surface area contributed by atoms with E-state index in [0.717, 1.165) is 24.2 Å². The van der Waals surface area contributed by atoms with Crippen molar-refractivity contribution in [2.45, 2.75) is 38.7 Å². The fourth-order valence-corrected chi connectivity index (χ4v) is 3.34. The van der Waals surface area contributed by atoms with Crippen molar-refractivity contribution < 1.29 is 18.9 Å². The molecule has 1 saturated carbocycles. The summed E-state index contributed by atoms with van der Waals surface area (Å²) in [5, 5.41) is 0. The second-order valence-electron chi connectivity index (χ2n) is 5.20. The van der Waals surface area contributed by atoms with Crippen LogP contribution in [0.5, 0.6) is 5.75 Å². The Morgan fingerprint density at radius 2 is 2.05 bits per heavy atom. The van der Waals surface area contributed by atoms with Gasteiger partial charge in [-0.3, -0.25) is 0 Å². The van der Waals surface area contributed by atoms with E-state index in [9.17, 15) is 8.42 Å². The number of ether oxygens (including phenoxy) is 1. The summed E-state index contributed by atoms with van der Waals surface area (Å²) in [5.41, 5.74) is 4.84. The second kappa shape index (κ2) is 6.45. The highest BCUT2D eigenvalue weighted by Crippen LogP contribution is 2.31. The Kier molecular flexibility index (Phi) is 4.88. The van der Waals surface area contributed by atoms with Crippen molar-refractivity contribution in [2.75, 3.05) is 12.3 Å². The minimum Gasteiger partial charge on any atom is -0.576 e. The number of nitrogens with zero attached hydrogens (tertiary/aromatic N) is 1. The van der Waals surface area contributed by atoms with Crippen LogP contribution in [0.15, 0.2) is 18.2 Å². The van der Waals surface area contributed by atoms with E-state index >= 15 is 0 Å². The lowest BCUT2D eigenvalue weighted by Crippen LogP contribution is -2.52. The van der Waals surface area contributed by atoms with Crippen LogP contribution in [0.2, 0.25) is 0 Å². The molecule has 2 rings (SSSR count). The Balaban J connectivity index is 2.05. The molecule has 0 radical (unpaired) electrons. The Hall–Kier alpha value is -1.27. The van der Waals surface area contributed by atoms with Crippen LogP contribution in [0.4, 0.5) is 5.69 Å². The highest BCUT2D eigenvalue weighted by Gasteiger charge is 2.16. The van der Waals surface area contributed by atoms with Crippen molar-refractivity contribution in [3.63, 3.8) is 0 Å². The molecule has 6 heteroatoms. The first-order valence-electron chi connectivity index (χ1n) is 7.02. The molecule has 0 unspecified atom stereocenters. The smallest absolute Gasteiger partial charge is 0.119 e. The molecule has 0 aromatic heterocycles. The molecule has 1 aliphatic rings. The third kappa shape index (κ3) is 4.11. The maximum Gasteiger partial charge on any atom is 0.119 e. The molecule has 0 spiro atoms. The van der Waals surface area contributed by atoms with Gasteiger partial charge in [0, 0.05) is 0 Å². The van der Waals surface area contributed by atoms with Crippen molar-refractivity contribution in [3.05, 3.63) is 28.5 Å². The summed E-state index contributed by atoms with van der Waals surface area (Å²) in [6.07, 6.45) is 4.94. The average Bonchev–Trinajstić information content (AvgIpc) is 2.85. The highest BCUT2D eigenvalue weighted by atomic mass is 32.2. The average molecular weight is 298 g/mol. The number of sulfonamides is 1. The highest BCUT2D eigenvalue weighted by molar-refractivity contribution is 7.94. The topological polar surface area (TPSA) is 85.1 Å². The Bertz CT molecular complexity index is 552. The lowest BCUT2D eigenvalue weighted by Gasteiger charge is -2.24. The molecule has 0 bridgehead atoms. The standard InChI is InChI=1S/C14H21N2O3S/c1-11-10-13(19-12-4-2-3-5-12)6-7-14(11)16-20(17,18)9-8-15/h6-7,10,12H,2-5,8-9,15H2,1H3/q-1/p+1. The Morgan fingerprint density at radius 3 is 2.65 bits per heavy atom. The van der Waals surface area contributed by atoms with Gasteiger partial charge in [0.15, 0.2) is 0 Å². The molecule has 1 aromatic carbocycles. The molecule has 5 nitrogen and oxygen atoms in total. The van der Waals surface area contributed by atoms with Crippen LogP contribution in [0, 0.1) is 6.92 Å². The van der Waals surface area contributed by atoms with E-state index in [-0.39, 0.29) is 5.75 Å². The van der Waals surface area contributed by atoms with Gasteiger partial charge in [-0.05, 0) is 44.7 Å². The maximum atomic E-state index is 11.7. The van der Waals surface area contributed by atoms with E-state index in [1.54, 1.807) is 12.1 Å². The summed E-state index contributed by atoms with van der Waals surface area (Å²) < 4.78 is 33.1. The number of aryl methyl sites for hydroxylation is 1. The minimum absolute atomic E-state index is 0.0211. The van der Waals surface area contributed by atoms with Crippen LogP contribution in [-0.2, 0) is 10.0 Å². The zero-order valence-corrected chi connectivity index (χ0v) is 12.7. The van der Waals surface area contributed by atoms with Gasteiger partial charge in [-0.2, -0.15) is 0 Å². The minimum atomic E-state index is -3.42. The van der Waals surface area contributed by atoms with Crippen molar-refractivity contribution in [1.82, 2.24) is 0 Å². The molecular weight excluding hydrogens is 276 g/mol. The van der Waals surface area contributed by atoms with Gasteiger partial charge >= 0.3 is 0 Å². The molecule has 3 N–H and O–H groups in total. The molecule has 1 aliphatic carbocycles. The summed E-state index contributed by atoms with van der Waals surface area (Å²) in [4.78, 5) is 0. The SMILES string of the molecule is Cc1cc(OC2CCCC2)ccc1[N-]S(=O)(=O)CC[NH3+]. The Morgan fingerprint density at radius 1 is 1.35 bits per heavy atom. The van der Waals surface area contributed by atoms with Gasteiger partial charge in [0.25, 0.3) is 0 Å². The monoisotopic (exact) mass is 298 g/mol. The number of benzene rings is 1. The fourth-order valence-electron chi connectivity index (χ4n) is 2.38. The van der Waals surface area contributed by atoms with Crippen molar-refractivity contribution >= 4 is 15.7 Å². The summed E-state index contributed by atoms with van der Waals surface area (Å²) in [6, 6.07) is 5.36. The molecule has 1 aromatic rings. The fraction of sp³-hybridized carbons (Fsp3) is 0.571. The first-order valence-corrected chi connectivity index (χ1v) is 8.63.